The van der Waals surface area contributed by atoms with Crippen molar-refractivity contribution in [2.24, 2.45) is 0 Å². The van der Waals surface area contributed by atoms with Gasteiger partial charge in [-0.25, -0.2) is 4.68 Å². The third kappa shape index (κ3) is 4.86. The Kier molecular flexibility index (Phi) is 6.07. The van der Waals surface area contributed by atoms with Crippen molar-refractivity contribution in [1.82, 2.24) is 29.5 Å². The van der Waals surface area contributed by atoms with E-state index in [0.717, 1.165) is 0 Å². The van der Waals surface area contributed by atoms with Crippen molar-refractivity contribution in [1.29, 1.82) is 0 Å². The molecule has 0 spiro atoms. The van der Waals surface area contributed by atoms with Crippen LogP contribution in [0.25, 0.3) is 28.7 Å². The second kappa shape index (κ2) is 9.51. The van der Waals surface area contributed by atoms with Crippen LogP contribution in [-0.2, 0) is 4.79 Å². The summed E-state index contributed by atoms with van der Waals surface area (Å²) in [6, 6.07) is 14.3. The van der Waals surface area contributed by atoms with Gasteiger partial charge in [0, 0.05) is 29.3 Å². The number of fused-ring (bicyclic) bond motifs is 1. The maximum absolute atomic E-state index is 12.8. The Balaban J connectivity index is 1.46. The molecule has 0 aliphatic rings. The molecule has 0 saturated carbocycles. The smallest absolute Gasteiger partial charge is 0.269 e. The minimum atomic E-state index is -0.499. The van der Waals surface area contributed by atoms with E-state index < -0.39 is 16.4 Å². The number of hydrogen-bond acceptors (Lipinski definition) is 7. The minimum absolute atomic E-state index is 0.0452. The molecule has 13 heteroatoms. The third-order valence-electron chi connectivity index (χ3n) is 5.29. The monoisotopic (exact) mass is 516 g/mol. The van der Waals surface area contributed by atoms with Gasteiger partial charge >= 0.3 is 0 Å². The number of nitrogens with zero attached hydrogens (tertiary/aromatic N) is 6. The highest BCUT2D eigenvalue weighted by Gasteiger charge is 2.16. The summed E-state index contributed by atoms with van der Waals surface area (Å²) in [5.74, 6) is -0.136. The van der Waals surface area contributed by atoms with Gasteiger partial charge < -0.3 is 5.32 Å². The van der Waals surface area contributed by atoms with E-state index in [2.05, 4.69) is 25.5 Å². The molecular weight excluding hydrogens is 500 g/mol. The third-order valence-corrected chi connectivity index (χ3v) is 5.53. The molecule has 2 N–H and O–H groups in total. The number of carbonyl (C=O) groups is 1. The van der Waals surface area contributed by atoms with Crippen LogP contribution in [0.15, 0.2) is 71.7 Å². The predicted molar refractivity (Wildman–Crippen MR) is 137 cm³/mol. The van der Waals surface area contributed by atoms with Gasteiger partial charge in [-0.1, -0.05) is 17.7 Å². The van der Waals surface area contributed by atoms with Crippen molar-refractivity contribution in [3.63, 3.8) is 0 Å². The summed E-state index contributed by atoms with van der Waals surface area (Å²) < 4.78 is 2.80. The summed E-state index contributed by atoms with van der Waals surface area (Å²) in [7, 11) is 0. The topological polar surface area (TPSA) is 154 Å². The van der Waals surface area contributed by atoms with Gasteiger partial charge in [0.25, 0.3) is 11.2 Å². The van der Waals surface area contributed by atoms with Gasteiger partial charge in [0.15, 0.2) is 5.65 Å². The summed E-state index contributed by atoms with van der Waals surface area (Å²) in [6.45, 7) is 1.73. The number of nitrogens with one attached hydrogen (secondary N) is 2. The number of aromatic nitrogens is 6. The lowest BCUT2D eigenvalue weighted by Crippen LogP contribution is -2.18. The molecule has 0 fully saturated rings. The van der Waals surface area contributed by atoms with Crippen LogP contribution in [0.4, 0.5) is 11.5 Å². The van der Waals surface area contributed by atoms with E-state index in [-0.39, 0.29) is 28.5 Å². The number of non-ortho nitro benzene ring substituents is 1. The van der Waals surface area contributed by atoms with Gasteiger partial charge in [-0.15, -0.1) is 0 Å². The molecule has 1 amide bonds. The van der Waals surface area contributed by atoms with Crippen molar-refractivity contribution >= 4 is 46.1 Å². The molecule has 0 unspecified atom stereocenters. The van der Waals surface area contributed by atoms with Gasteiger partial charge in [-0.05, 0) is 48.9 Å². The number of aryl methyl sites for hydroxylation is 1. The van der Waals surface area contributed by atoms with Crippen LogP contribution in [0.5, 0.6) is 0 Å². The number of hydrogen-bond donors (Lipinski definition) is 2. The lowest BCUT2D eigenvalue weighted by atomic mass is 10.2. The number of benzene rings is 2. The number of nitro groups is 1. The fourth-order valence-corrected chi connectivity index (χ4v) is 3.79. The first-order chi connectivity index (χ1) is 17.8. The van der Waals surface area contributed by atoms with Crippen molar-refractivity contribution in [3.05, 3.63) is 104 Å². The van der Waals surface area contributed by atoms with E-state index in [4.69, 9.17) is 11.6 Å². The van der Waals surface area contributed by atoms with E-state index in [0.29, 0.717) is 22.0 Å². The number of halogens is 1. The van der Waals surface area contributed by atoms with Crippen molar-refractivity contribution in [2.45, 2.75) is 6.92 Å². The Labute approximate surface area is 213 Å². The quantitative estimate of drug-likeness (QED) is 0.197. The highest BCUT2D eigenvalue weighted by molar-refractivity contribution is 6.30. The van der Waals surface area contributed by atoms with Crippen LogP contribution >= 0.6 is 11.6 Å². The Morgan fingerprint density at radius 3 is 2.68 bits per heavy atom. The average molecular weight is 517 g/mol. The number of nitro benzene ring substituents is 1. The molecular formula is C24H17ClN8O4. The minimum Gasteiger partial charge on any atom is -0.307 e. The molecule has 5 rings (SSSR count). The molecule has 0 bridgehead atoms. The molecule has 5 aromatic rings. The molecule has 3 aromatic heterocycles. The van der Waals surface area contributed by atoms with E-state index in [1.54, 1.807) is 37.3 Å². The van der Waals surface area contributed by atoms with Gasteiger partial charge in [0.2, 0.25) is 11.9 Å². The molecule has 0 aliphatic carbocycles. The maximum atomic E-state index is 12.8. The lowest BCUT2D eigenvalue weighted by Gasteiger charge is -2.08. The first kappa shape index (κ1) is 23.6. The number of anilines is 1. The van der Waals surface area contributed by atoms with Gasteiger partial charge in [0.1, 0.15) is 11.2 Å². The SMILES string of the molecule is Cc1cc(NC(=O)/C=C\c2ccc([N+](=O)[O-])cc2)n(-c2nc3c(cnn3-c3cccc(Cl)c3)c(=O)[nH]2)n1. The molecule has 0 radical (unpaired) electrons. The van der Waals surface area contributed by atoms with E-state index in [1.807, 2.05) is 0 Å². The summed E-state index contributed by atoms with van der Waals surface area (Å²) >= 11 is 6.11. The second-order valence-electron chi connectivity index (χ2n) is 7.92. The van der Waals surface area contributed by atoms with Crippen LogP contribution in [0.1, 0.15) is 11.3 Å². The molecule has 0 atom stereocenters. The van der Waals surface area contributed by atoms with Crippen LogP contribution in [0.2, 0.25) is 5.02 Å². The zero-order chi connectivity index (χ0) is 26.1. The number of carbonyl (C=O) groups excluding carboxylic acids is 1. The Hall–Kier alpha value is -5.10. The number of rotatable bonds is 6. The van der Waals surface area contributed by atoms with Crippen LogP contribution in [0, 0.1) is 17.0 Å². The molecule has 0 aliphatic heterocycles. The molecule has 0 saturated heterocycles. The Morgan fingerprint density at radius 2 is 1.95 bits per heavy atom. The molecule has 2 aromatic carbocycles. The van der Waals surface area contributed by atoms with E-state index in [1.165, 1.54) is 52.0 Å². The lowest BCUT2D eigenvalue weighted by molar-refractivity contribution is -0.384. The summed E-state index contributed by atoms with van der Waals surface area (Å²) in [6.07, 6.45) is 4.20. The zero-order valence-electron chi connectivity index (χ0n) is 19.1. The van der Waals surface area contributed by atoms with Crippen molar-refractivity contribution in [3.8, 4) is 11.6 Å². The maximum Gasteiger partial charge on any atom is 0.269 e. The van der Waals surface area contributed by atoms with Crippen LogP contribution < -0.4 is 10.9 Å². The summed E-state index contributed by atoms with van der Waals surface area (Å²) in [5.41, 5.74) is 1.60. The van der Waals surface area contributed by atoms with Gasteiger partial charge in [0.05, 0.1) is 22.5 Å². The van der Waals surface area contributed by atoms with Crippen LogP contribution in [-0.4, -0.2) is 40.4 Å². The molecule has 12 nitrogen and oxygen atoms in total. The molecule has 3 heterocycles. The van der Waals surface area contributed by atoms with Crippen molar-refractivity contribution < 1.29 is 9.72 Å². The first-order valence-electron chi connectivity index (χ1n) is 10.8. The standard InChI is InChI=1S/C24H17ClN8O4/c1-14-11-20(27-21(34)10-7-15-5-8-17(9-6-15)33(36)37)32(30-14)24-28-22-19(23(35)29-24)13-26-31(22)18-4-2-3-16(25)12-18/h2-13H,1H3,(H,27,34)(H,28,29,35)/b10-7-. The number of H-pyrrole nitrogens is 1. The average Bonchev–Trinajstić information content (AvgIpc) is 3.46. The fourth-order valence-electron chi connectivity index (χ4n) is 3.60. The Morgan fingerprint density at radius 1 is 1.16 bits per heavy atom. The molecule has 37 heavy (non-hydrogen) atoms. The largest absolute Gasteiger partial charge is 0.307 e. The highest BCUT2D eigenvalue weighted by Crippen LogP contribution is 2.20. The van der Waals surface area contributed by atoms with Crippen LogP contribution in [0.3, 0.4) is 0 Å². The summed E-state index contributed by atoms with van der Waals surface area (Å²) in [5, 5.41) is 22.9. The number of aromatic amines is 1. The second-order valence-corrected chi connectivity index (χ2v) is 8.35. The number of amides is 1. The van der Waals surface area contributed by atoms with Crippen molar-refractivity contribution in [2.75, 3.05) is 5.32 Å². The summed E-state index contributed by atoms with van der Waals surface area (Å²) in [4.78, 5) is 42.9. The van der Waals surface area contributed by atoms with E-state index in [9.17, 15) is 19.7 Å². The predicted octanol–water partition coefficient (Wildman–Crippen LogP) is 3.82. The fraction of sp³-hybridized carbons (Fsp3) is 0.0417. The van der Waals surface area contributed by atoms with Gasteiger partial charge in [-0.3, -0.25) is 24.7 Å². The first-order valence-corrected chi connectivity index (χ1v) is 11.2. The zero-order valence-corrected chi connectivity index (χ0v) is 19.9. The highest BCUT2D eigenvalue weighted by atomic mass is 35.5. The Bertz CT molecular complexity index is 1750. The normalized spacial score (nSPS) is 11.3. The molecule has 184 valence electrons. The van der Waals surface area contributed by atoms with Gasteiger partial charge in [-0.2, -0.15) is 19.9 Å². The van der Waals surface area contributed by atoms with E-state index >= 15 is 0 Å².